The van der Waals surface area contributed by atoms with Gasteiger partial charge in [-0.05, 0) is 38.1 Å². The first-order valence-electron chi connectivity index (χ1n) is 7.56. The Hall–Kier alpha value is -2.47. The Balaban J connectivity index is 1.80. The van der Waals surface area contributed by atoms with Crippen LogP contribution in [0.25, 0.3) is 16.6 Å². The second-order valence-electron chi connectivity index (χ2n) is 5.59. The van der Waals surface area contributed by atoms with Crippen molar-refractivity contribution in [2.75, 3.05) is 13.1 Å². The Kier molecular flexibility index (Phi) is 3.23. The van der Waals surface area contributed by atoms with Crippen LogP contribution in [-0.2, 0) is 0 Å². The molecular formula is C16H17N5O. The fourth-order valence-electron chi connectivity index (χ4n) is 2.96. The highest BCUT2D eigenvalue weighted by atomic mass is 16.1. The van der Waals surface area contributed by atoms with Crippen molar-refractivity contribution < 1.29 is 0 Å². The van der Waals surface area contributed by atoms with Crippen LogP contribution in [0.2, 0.25) is 0 Å². The molecule has 1 fully saturated rings. The molecule has 22 heavy (non-hydrogen) atoms. The molecule has 1 aliphatic heterocycles. The van der Waals surface area contributed by atoms with Gasteiger partial charge in [0.1, 0.15) is 0 Å². The van der Waals surface area contributed by atoms with Crippen LogP contribution in [-0.4, -0.2) is 32.7 Å². The lowest BCUT2D eigenvalue weighted by Crippen LogP contribution is -2.35. The van der Waals surface area contributed by atoms with Gasteiger partial charge in [0.2, 0.25) is 0 Å². The van der Waals surface area contributed by atoms with Gasteiger partial charge < -0.3 is 5.32 Å². The van der Waals surface area contributed by atoms with E-state index in [1.54, 1.807) is 15.6 Å². The molecule has 0 bridgehead atoms. The van der Waals surface area contributed by atoms with E-state index < -0.39 is 0 Å². The van der Waals surface area contributed by atoms with Crippen LogP contribution in [0.5, 0.6) is 0 Å². The van der Waals surface area contributed by atoms with E-state index in [1.807, 2.05) is 36.5 Å². The largest absolute Gasteiger partial charge is 0.317 e. The van der Waals surface area contributed by atoms with Crippen molar-refractivity contribution in [3.05, 3.63) is 53.1 Å². The molecule has 6 heteroatoms. The van der Waals surface area contributed by atoms with Gasteiger partial charge in [-0.3, -0.25) is 4.79 Å². The maximum atomic E-state index is 12.7. The molecular weight excluding hydrogens is 278 g/mol. The molecule has 6 nitrogen and oxygen atoms in total. The van der Waals surface area contributed by atoms with E-state index in [-0.39, 0.29) is 11.6 Å². The Labute approximate surface area is 127 Å². The molecule has 0 saturated carbocycles. The highest BCUT2D eigenvalue weighted by Crippen LogP contribution is 2.17. The lowest BCUT2D eigenvalue weighted by Gasteiger charge is -2.23. The average molecular weight is 295 g/mol. The Morgan fingerprint density at radius 3 is 2.68 bits per heavy atom. The van der Waals surface area contributed by atoms with Crippen molar-refractivity contribution in [2.45, 2.75) is 18.9 Å². The number of nitrogens with one attached hydrogen (secondary N) is 1. The number of benzene rings is 1. The van der Waals surface area contributed by atoms with Crippen LogP contribution in [0.15, 0.2) is 47.5 Å². The van der Waals surface area contributed by atoms with E-state index in [0.717, 1.165) is 37.0 Å². The van der Waals surface area contributed by atoms with E-state index in [4.69, 9.17) is 0 Å². The standard InChI is InChI=1S/C16H17N5O/c22-16-15-12(10-18-21(16)14-6-8-17-9-7-14)11-20(19-15)13-4-2-1-3-5-13/h1-5,10-11,14,17H,6-9H2. The summed E-state index contributed by atoms with van der Waals surface area (Å²) in [5.74, 6) is 0. The molecule has 0 spiro atoms. The monoisotopic (exact) mass is 295 g/mol. The topological polar surface area (TPSA) is 64.7 Å². The normalized spacial score (nSPS) is 16.2. The number of fused-ring (bicyclic) bond motifs is 1. The average Bonchev–Trinajstić information content (AvgIpc) is 3.02. The number of nitrogens with zero attached hydrogens (tertiary/aromatic N) is 4. The van der Waals surface area contributed by atoms with Gasteiger partial charge in [-0.2, -0.15) is 10.2 Å². The van der Waals surface area contributed by atoms with Crippen molar-refractivity contribution in [1.29, 1.82) is 0 Å². The molecule has 0 unspecified atom stereocenters. The van der Waals surface area contributed by atoms with Gasteiger partial charge in [0.05, 0.1) is 17.9 Å². The Morgan fingerprint density at radius 1 is 1.14 bits per heavy atom. The quantitative estimate of drug-likeness (QED) is 0.778. The van der Waals surface area contributed by atoms with Crippen molar-refractivity contribution in [1.82, 2.24) is 24.9 Å². The van der Waals surface area contributed by atoms with Gasteiger partial charge in [-0.25, -0.2) is 9.36 Å². The van der Waals surface area contributed by atoms with E-state index in [9.17, 15) is 4.79 Å². The minimum absolute atomic E-state index is 0.0981. The van der Waals surface area contributed by atoms with Crippen LogP contribution in [0, 0.1) is 0 Å². The summed E-state index contributed by atoms with van der Waals surface area (Å²) in [6.45, 7) is 1.85. The Bertz CT molecular complexity index is 846. The van der Waals surface area contributed by atoms with Crippen LogP contribution in [0.3, 0.4) is 0 Å². The summed E-state index contributed by atoms with van der Waals surface area (Å²) in [5.41, 5.74) is 1.32. The summed E-state index contributed by atoms with van der Waals surface area (Å²) in [6.07, 6.45) is 5.45. The third kappa shape index (κ3) is 2.21. The van der Waals surface area contributed by atoms with Crippen LogP contribution >= 0.6 is 0 Å². The summed E-state index contributed by atoms with van der Waals surface area (Å²) >= 11 is 0. The molecule has 0 amide bonds. The SMILES string of the molecule is O=c1c2nn(-c3ccccc3)cc2cnn1C1CCNCC1. The summed E-state index contributed by atoms with van der Waals surface area (Å²) in [6, 6.07) is 9.95. The molecule has 0 aliphatic carbocycles. The molecule has 1 aliphatic rings. The summed E-state index contributed by atoms with van der Waals surface area (Å²) in [4.78, 5) is 12.7. The summed E-state index contributed by atoms with van der Waals surface area (Å²) < 4.78 is 3.34. The Morgan fingerprint density at radius 2 is 1.91 bits per heavy atom. The van der Waals surface area contributed by atoms with Crippen LogP contribution < -0.4 is 10.9 Å². The number of hydrogen-bond acceptors (Lipinski definition) is 4. The van der Waals surface area contributed by atoms with Gasteiger partial charge in [0.25, 0.3) is 5.56 Å². The fraction of sp³-hybridized carbons (Fsp3) is 0.312. The smallest absolute Gasteiger partial charge is 0.295 e. The van der Waals surface area contributed by atoms with Gasteiger partial charge in [-0.1, -0.05) is 18.2 Å². The van der Waals surface area contributed by atoms with E-state index in [0.29, 0.717) is 5.52 Å². The molecule has 0 radical (unpaired) electrons. The highest BCUT2D eigenvalue weighted by molar-refractivity contribution is 5.76. The third-order valence-electron chi connectivity index (χ3n) is 4.15. The minimum Gasteiger partial charge on any atom is -0.317 e. The molecule has 1 aromatic carbocycles. The summed E-state index contributed by atoms with van der Waals surface area (Å²) in [5, 5.41) is 12.9. The number of para-hydroxylation sites is 1. The van der Waals surface area contributed by atoms with Crippen LogP contribution in [0.4, 0.5) is 0 Å². The van der Waals surface area contributed by atoms with Crippen molar-refractivity contribution in [2.24, 2.45) is 0 Å². The number of hydrogen-bond donors (Lipinski definition) is 1. The van der Waals surface area contributed by atoms with Crippen LogP contribution in [0.1, 0.15) is 18.9 Å². The molecule has 3 heterocycles. The van der Waals surface area contributed by atoms with Gasteiger partial charge in [0.15, 0.2) is 5.52 Å². The van der Waals surface area contributed by atoms with E-state index >= 15 is 0 Å². The number of rotatable bonds is 2. The molecule has 112 valence electrons. The predicted molar refractivity (Wildman–Crippen MR) is 84.3 cm³/mol. The summed E-state index contributed by atoms with van der Waals surface area (Å²) in [7, 11) is 0. The molecule has 0 atom stereocenters. The lowest BCUT2D eigenvalue weighted by atomic mass is 10.1. The maximum absolute atomic E-state index is 12.7. The molecule has 1 saturated heterocycles. The number of aromatic nitrogens is 4. The maximum Gasteiger partial charge on any atom is 0.295 e. The zero-order valence-electron chi connectivity index (χ0n) is 12.1. The second-order valence-corrected chi connectivity index (χ2v) is 5.59. The van der Waals surface area contributed by atoms with Gasteiger partial charge >= 0.3 is 0 Å². The number of piperidine rings is 1. The van der Waals surface area contributed by atoms with E-state index in [2.05, 4.69) is 15.5 Å². The molecule has 3 aromatic rings. The van der Waals surface area contributed by atoms with Crippen molar-refractivity contribution >= 4 is 10.9 Å². The zero-order valence-corrected chi connectivity index (χ0v) is 12.1. The second kappa shape index (κ2) is 5.38. The van der Waals surface area contributed by atoms with Gasteiger partial charge in [-0.15, -0.1) is 0 Å². The first kappa shape index (κ1) is 13.2. The minimum atomic E-state index is -0.0981. The molecule has 4 rings (SSSR count). The lowest BCUT2D eigenvalue weighted by molar-refractivity contribution is 0.333. The molecule has 2 aromatic heterocycles. The first-order valence-corrected chi connectivity index (χ1v) is 7.56. The van der Waals surface area contributed by atoms with Gasteiger partial charge in [0, 0.05) is 11.6 Å². The first-order chi connectivity index (χ1) is 10.8. The fourth-order valence-corrected chi connectivity index (χ4v) is 2.96. The highest BCUT2D eigenvalue weighted by Gasteiger charge is 2.19. The van der Waals surface area contributed by atoms with Crippen molar-refractivity contribution in [3.63, 3.8) is 0 Å². The third-order valence-corrected chi connectivity index (χ3v) is 4.15. The van der Waals surface area contributed by atoms with Crippen molar-refractivity contribution in [3.8, 4) is 5.69 Å². The predicted octanol–water partition coefficient (Wildman–Crippen LogP) is 1.51. The zero-order chi connectivity index (χ0) is 14.9. The van der Waals surface area contributed by atoms with E-state index in [1.165, 1.54) is 0 Å². The molecule has 1 N–H and O–H groups in total.